The molecule has 5 nitrogen and oxygen atoms in total. The van der Waals surface area contributed by atoms with Crippen molar-refractivity contribution in [3.8, 4) is 0 Å². The molecular formula is C20H34N4O. The van der Waals surface area contributed by atoms with E-state index in [2.05, 4.69) is 22.5 Å². The van der Waals surface area contributed by atoms with E-state index in [-0.39, 0.29) is 5.56 Å². The van der Waals surface area contributed by atoms with Gasteiger partial charge in [0.2, 0.25) is 0 Å². The van der Waals surface area contributed by atoms with Gasteiger partial charge in [0.15, 0.2) is 5.96 Å². The molecule has 25 heavy (non-hydrogen) atoms. The zero-order valence-corrected chi connectivity index (χ0v) is 16.1. The highest BCUT2D eigenvalue weighted by molar-refractivity contribution is 5.79. The third kappa shape index (κ3) is 5.62. The van der Waals surface area contributed by atoms with Crippen molar-refractivity contribution < 1.29 is 0 Å². The molecule has 0 amide bonds. The summed E-state index contributed by atoms with van der Waals surface area (Å²) < 4.78 is 1.85. The summed E-state index contributed by atoms with van der Waals surface area (Å²) in [5.74, 6) is 0.896. The second-order valence-electron chi connectivity index (χ2n) is 7.28. The highest BCUT2D eigenvalue weighted by Crippen LogP contribution is 2.40. The summed E-state index contributed by atoms with van der Waals surface area (Å²) in [5, 5.41) is 6.92. The molecule has 0 spiro atoms. The number of aryl methyl sites for hydroxylation is 1. The fraction of sp³-hybridized carbons (Fsp3) is 0.700. The first kappa shape index (κ1) is 19.5. The van der Waals surface area contributed by atoms with Crippen molar-refractivity contribution in [2.75, 3.05) is 20.1 Å². The largest absolute Gasteiger partial charge is 0.356 e. The Balaban J connectivity index is 1.68. The lowest BCUT2D eigenvalue weighted by Gasteiger charge is -2.28. The molecule has 0 unspecified atom stereocenters. The summed E-state index contributed by atoms with van der Waals surface area (Å²) in [6, 6.07) is 5.43. The van der Waals surface area contributed by atoms with Crippen LogP contribution in [0.4, 0.5) is 0 Å². The number of hydrogen-bond acceptors (Lipinski definition) is 2. The van der Waals surface area contributed by atoms with Crippen molar-refractivity contribution in [3.63, 3.8) is 0 Å². The predicted molar refractivity (Wildman–Crippen MR) is 105 cm³/mol. The van der Waals surface area contributed by atoms with Crippen molar-refractivity contribution in [3.05, 3.63) is 34.2 Å². The summed E-state index contributed by atoms with van der Waals surface area (Å²) in [4.78, 5) is 16.2. The van der Waals surface area contributed by atoms with Crippen molar-refractivity contribution in [1.82, 2.24) is 15.2 Å². The lowest BCUT2D eigenvalue weighted by Crippen LogP contribution is -2.43. The van der Waals surface area contributed by atoms with Crippen LogP contribution in [0.1, 0.15) is 57.6 Å². The van der Waals surface area contributed by atoms with Gasteiger partial charge in [-0.25, -0.2) is 0 Å². The molecule has 0 aliphatic heterocycles. The van der Waals surface area contributed by atoms with Crippen molar-refractivity contribution in [1.29, 1.82) is 0 Å². The minimum absolute atomic E-state index is 0.0897. The maximum absolute atomic E-state index is 11.8. The average Bonchev–Trinajstić information content (AvgIpc) is 3.09. The van der Waals surface area contributed by atoms with E-state index in [9.17, 15) is 4.79 Å². The molecule has 2 rings (SSSR count). The lowest BCUT2D eigenvalue weighted by molar-refractivity contribution is 0.283. The van der Waals surface area contributed by atoms with Gasteiger partial charge >= 0.3 is 0 Å². The number of unbranched alkanes of at least 4 members (excludes halogenated alkanes) is 1. The van der Waals surface area contributed by atoms with E-state index in [1.807, 2.05) is 30.7 Å². The van der Waals surface area contributed by atoms with E-state index in [0.29, 0.717) is 5.41 Å². The molecule has 1 aromatic rings. The Morgan fingerprint density at radius 1 is 1.24 bits per heavy atom. The summed E-state index contributed by atoms with van der Waals surface area (Å²) in [6.07, 6.45) is 8.62. The van der Waals surface area contributed by atoms with Gasteiger partial charge in [-0.2, -0.15) is 0 Å². The van der Waals surface area contributed by atoms with Crippen LogP contribution in [-0.2, 0) is 6.54 Å². The van der Waals surface area contributed by atoms with E-state index in [1.54, 1.807) is 6.07 Å². The van der Waals surface area contributed by atoms with Crippen LogP contribution in [0.3, 0.4) is 0 Å². The number of pyridine rings is 1. The van der Waals surface area contributed by atoms with Crippen molar-refractivity contribution >= 4 is 5.96 Å². The SMILES string of the molecule is CCC1(CNC(=NC)NCCCCn2c(C)cccc2=O)CCCC1. The number of aromatic nitrogens is 1. The molecule has 1 heterocycles. The quantitative estimate of drug-likeness (QED) is 0.432. The van der Waals surface area contributed by atoms with Crippen LogP contribution in [0, 0.1) is 12.3 Å². The van der Waals surface area contributed by atoms with Gasteiger partial charge < -0.3 is 15.2 Å². The fourth-order valence-corrected chi connectivity index (χ4v) is 3.78. The molecule has 2 N–H and O–H groups in total. The number of nitrogens with zero attached hydrogens (tertiary/aromatic N) is 2. The molecule has 1 aliphatic carbocycles. The molecule has 0 radical (unpaired) electrons. The van der Waals surface area contributed by atoms with Crippen molar-refractivity contribution in [2.45, 2.75) is 65.3 Å². The molecule has 5 heteroatoms. The van der Waals surface area contributed by atoms with Crippen LogP contribution in [0.5, 0.6) is 0 Å². The Morgan fingerprint density at radius 3 is 2.64 bits per heavy atom. The highest BCUT2D eigenvalue weighted by Gasteiger charge is 2.31. The van der Waals surface area contributed by atoms with Crippen LogP contribution in [-0.4, -0.2) is 30.7 Å². The second kappa shape index (κ2) is 9.64. The summed E-state index contributed by atoms with van der Waals surface area (Å²) >= 11 is 0. The summed E-state index contributed by atoms with van der Waals surface area (Å²) in [7, 11) is 1.83. The maximum atomic E-state index is 11.8. The maximum Gasteiger partial charge on any atom is 0.250 e. The van der Waals surface area contributed by atoms with E-state index >= 15 is 0 Å². The van der Waals surface area contributed by atoms with E-state index in [1.165, 1.54) is 32.1 Å². The van der Waals surface area contributed by atoms with Crippen LogP contribution < -0.4 is 16.2 Å². The molecule has 0 aromatic carbocycles. The van der Waals surface area contributed by atoms with E-state index in [4.69, 9.17) is 0 Å². The zero-order valence-electron chi connectivity index (χ0n) is 16.1. The van der Waals surface area contributed by atoms with Gasteiger partial charge in [0.05, 0.1) is 0 Å². The van der Waals surface area contributed by atoms with E-state index in [0.717, 1.165) is 44.1 Å². The first-order valence-electron chi connectivity index (χ1n) is 9.71. The smallest absolute Gasteiger partial charge is 0.250 e. The number of aliphatic imine (C=N–C) groups is 1. The molecule has 0 bridgehead atoms. The Morgan fingerprint density at radius 2 is 2.00 bits per heavy atom. The van der Waals surface area contributed by atoms with Gasteiger partial charge in [-0.05, 0) is 50.5 Å². The van der Waals surface area contributed by atoms with Gasteiger partial charge in [-0.3, -0.25) is 9.79 Å². The Kier molecular flexibility index (Phi) is 7.53. The average molecular weight is 347 g/mol. The van der Waals surface area contributed by atoms with Crippen LogP contribution >= 0.6 is 0 Å². The Hall–Kier alpha value is -1.78. The van der Waals surface area contributed by atoms with Crippen LogP contribution in [0.15, 0.2) is 28.0 Å². The number of hydrogen-bond donors (Lipinski definition) is 2. The molecule has 140 valence electrons. The molecular weight excluding hydrogens is 312 g/mol. The number of rotatable bonds is 8. The topological polar surface area (TPSA) is 58.4 Å². The van der Waals surface area contributed by atoms with Gasteiger partial charge in [-0.15, -0.1) is 0 Å². The van der Waals surface area contributed by atoms with Gasteiger partial charge in [0.1, 0.15) is 0 Å². The minimum Gasteiger partial charge on any atom is -0.356 e. The zero-order chi connectivity index (χ0) is 18.1. The predicted octanol–water partition coefficient (Wildman–Crippen LogP) is 3.07. The minimum atomic E-state index is 0.0897. The van der Waals surface area contributed by atoms with E-state index < -0.39 is 0 Å². The number of nitrogens with one attached hydrogen (secondary N) is 2. The normalized spacial score (nSPS) is 16.8. The fourth-order valence-electron chi connectivity index (χ4n) is 3.78. The molecule has 1 aliphatic rings. The molecule has 1 fully saturated rings. The third-order valence-electron chi connectivity index (χ3n) is 5.64. The molecule has 1 aromatic heterocycles. The van der Waals surface area contributed by atoms with Gasteiger partial charge in [0.25, 0.3) is 5.56 Å². The number of guanidine groups is 1. The standard InChI is InChI=1S/C20H34N4O/c1-4-20(12-5-6-13-20)16-23-19(21-3)22-14-7-8-15-24-17(2)10-9-11-18(24)25/h9-11H,4-8,12-16H2,1-3H3,(H2,21,22,23). The first-order valence-corrected chi connectivity index (χ1v) is 9.71. The monoisotopic (exact) mass is 346 g/mol. The van der Waals surface area contributed by atoms with Gasteiger partial charge in [0, 0.05) is 38.4 Å². The van der Waals surface area contributed by atoms with Crippen LogP contribution in [0.2, 0.25) is 0 Å². The molecule has 0 atom stereocenters. The first-order chi connectivity index (χ1) is 12.1. The summed E-state index contributed by atoms with van der Waals surface area (Å²) in [6.45, 7) is 6.95. The van der Waals surface area contributed by atoms with Crippen molar-refractivity contribution in [2.24, 2.45) is 10.4 Å². The Bertz CT molecular complexity index is 614. The summed E-state index contributed by atoms with van der Waals surface area (Å²) in [5.41, 5.74) is 1.58. The lowest BCUT2D eigenvalue weighted by atomic mass is 9.83. The molecule has 1 saturated carbocycles. The molecule has 0 saturated heterocycles. The Labute approximate surface area is 151 Å². The second-order valence-corrected chi connectivity index (χ2v) is 7.28. The highest BCUT2D eigenvalue weighted by atomic mass is 16.1. The third-order valence-corrected chi connectivity index (χ3v) is 5.64. The van der Waals surface area contributed by atoms with Crippen LogP contribution in [0.25, 0.3) is 0 Å². The van der Waals surface area contributed by atoms with Gasteiger partial charge in [-0.1, -0.05) is 25.8 Å².